The molecule has 0 bridgehead atoms. The monoisotopic (exact) mass is 183 g/mol. The van der Waals surface area contributed by atoms with E-state index in [1.54, 1.807) is 4.90 Å². The highest BCUT2D eigenvalue weighted by atomic mass is 16.4. The van der Waals surface area contributed by atoms with E-state index < -0.39 is 5.97 Å². The molecule has 1 saturated carbocycles. The molecule has 4 nitrogen and oxygen atoms in total. The Labute approximate surface area is 76.5 Å². The summed E-state index contributed by atoms with van der Waals surface area (Å²) in [7, 11) is 0. The van der Waals surface area contributed by atoms with Crippen LogP contribution in [0.2, 0.25) is 0 Å². The number of likely N-dealkylation sites (tertiary alicyclic amines) is 1. The van der Waals surface area contributed by atoms with Crippen molar-refractivity contribution in [2.24, 2.45) is 5.92 Å². The van der Waals surface area contributed by atoms with Gasteiger partial charge in [-0.25, -0.2) is 0 Å². The Morgan fingerprint density at radius 2 is 2.31 bits per heavy atom. The van der Waals surface area contributed by atoms with E-state index in [1.165, 1.54) is 0 Å². The number of hydrogen-bond acceptors (Lipinski definition) is 2. The van der Waals surface area contributed by atoms with Gasteiger partial charge in [0.05, 0.1) is 0 Å². The summed E-state index contributed by atoms with van der Waals surface area (Å²) in [4.78, 5) is 23.4. The molecule has 1 saturated heterocycles. The minimum absolute atomic E-state index is 0.0251. The molecule has 72 valence electrons. The van der Waals surface area contributed by atoms with Crippen molar-refractivity contribution in [1.82, 2.24) is 4.90 Å². The smallest absolute Gasteiger partial charge is 0.323 e. The number of amides is 1. The van der Waals surface area contributed by atoms with E-state index >= 15 is 0 Å². The maximum Gasteiger partial charge on any atom is 0.323 e. The molecule has 4 heteroatoms. The number of carboxylic acids is 1. The van der Waals surface area contributed by atoms with Crippen molar-refractivity contribution in [2.75, 3.05) is 6.54 Å². The first-order chi connectivity index (χ1) is 6.18. The normalized spacial score (nSPS) is 32.3. The van der Waals surface area contributed by atoms with Crippen molar-refractivity contribution in [3.05, 3.63) is 0 Å². The van der Waals surface area contributed by atoms with Gasteiger partial charge < -0.3 is 10.0 Å². The number of aliphatic carboxylic acids is 1. The van der Waals surface area contributed by atoms with Gasteiger partial charge in [-0.15, -0.1) is 0 Å². The summed E-state index contributed by atoms with van der Waals surface area (Å²) in [5.41, 5.74) is 0. The SMILES string of the molecule is O=C(O)CN1C(=O)C[C@H]2CCC[C@H]21. The molecule has 2 atom stereocenters. The summed E-state index contributed by atoms with van der Waals surface area (Å²) in [6, 6.07) is 0.226. The summed E-state index contributed by atoms with van der Waals surface area (Å²) in [6.45, 7) is -0.111. The number of nitrogens with zero attached hydrogens (tertiary/aromatic N) is 1. The number of carboxylic acid groups (broad SMARTS) is 1. The first-order valence-corrected chi connectivity index (χ1v) is 4.70. The molecule has 0 aromatic rings. The van der Waals surface area contributed by atoms with Gasteiger partial charge in [-0.05, 0) is 18.8 Å². The Balaban J connectivity index is 2.08. The van der Waals surface area contributed by atoms with Gasteiger partial charge in [0.15, 0.2) is 0 Å². The first kappa shape index (κ1) is 8.53. The molecule has 0 radical (unpaired) electrons. The van der Waals surface area contributed by atoms with Crippen LogP contribution in [0.15, 0.2) is 0 Å². The van der Waals surface area contributed by atoms with Crippen molar-refractivity contribution < 1.29 is 14.7 Å². The summed E-state index contributed by atoms with van der Waals surface area (Å²) in [5.74, 6) is -0.440. The second-order valence-electron chi connectivity index (χ2n) is 3.88. The fourth-order valence-electron chi connectivity index (χ4n) is 2.54. The summed E-state index contributed by atoms with van der Waals surface area (Å²) in [5, 5.41) is 8.62. The Morgan fingerprint density at radius 3 is 3.00 bits per heavy atom. The highest BCUT2D eigenvalue weighted by Gasteiger charge is 2.42. The maximum absolute atomic E-state index is 11.4. The lowest BCUT2D eigenvalue weighted by molar-refractivity contribution is -0.143. The predicted molar refractivity (Wildman–Crippen MR) is 45.1 cm³/mol. The van der Waals surface area contributed by atoms with Crippen LogP contribution in [0, 0.1) is 5.92 Å². The molecular formula is C9H13NO3. The molecular weight excluding hydrogens is 170 g/mol. The number of hydrogen-bond donors (Lipinski definition) is 1. The van der Waals surface area contributed by atoms with Crippen molar-refractivity contribution in [3.8, 4) is 0 Å². The van der Waals surface area contributed by atoms with Gasteiger partial charge in [-0.2, -0.15) is 0 Å². The van der Waals surface area contributed by atoms with E-state index in [-0.39, 0.29) is 18.5 Å². The zero-order valence-electron chi connectivity index (χ0n) is 7.40. The summed E-state index contributed by atoms with van der Waals surface area (Å²) in [6.07, 6.45) is 3.78. The van der Waals surface area contributed by atoms with Crippen LogP contribution < -0.4 is 0 Å². The van der Waals surface area contributed by atoms with Crippen LogP contribution in [0.25, 0.3) is 0 Å². The molecule has 0 spiro atoms. The lowest BCUT2D eigenvalue weighted by Gasteiger charge is -2.21. The van der Waals surface area contributed by atoms with Gasteiger partial charge in [0, 0.05) is 12.5 Å². The lowest BCUT2D eigenvalue weighted by Crippen LogP contribution is -2.37. The number of carbonyl (C=O) groups excluding carboxylic acids is 1. The average Bonchev–Trinajstić information content (AvgIpc) is 2.55. The van der Waals surface area contributed by atoms with Gasteiger partial charge in [0.1, 0.15) is 6.54 Å². The molecule has 1 aliphatic heterocycles. The fourth-order valence-corrected chi connectivity index (χ4v) is 2.54. The molecule has 1 aliphatic carbocycles. The van der Waals surface area contributed by atoms with E-state index in [1.807, 2.05) is 0 Å². The molecule has 1 heterocycles. The van der Waals surface area contributed by atoms with E-state index in [9.17, 15) is 9.59 Å². The molecule has 0 aromatic heterocycles. The number of carbonyl (C=O) groups is 2. The molecule has 2 aliphatic rings. The second kappa shape index (κ2) is 3.01. The lowest BCUT2D eigenvalue weighted by atomic mass is 10.0. The second-order valence-corrected chi connectivity index (χ2v) is 3.88. The molecule has 2 rings (SSSR count). The Kier molecular flexibility index (Phi) is 1.98. The Morgan fingerprint density at radius 1 is 1.54 bits per heavy atom. The van der Waals surface area contributed by atoms with Crippen molar-refractivity contribution in [3.63, 3.8) is 0 Å². The zero-order chi connectivity index (χ0) is 9.42. The third kappa shape index (κ3) is 1.41. The average molecular weight is 183 g/mol. The molecule has 1 amide bonds. The predicted octanol–water partition coefficient (Wildman–Crippen LogP) is 0.472. The number of rotatable bonds is 2. The van der Waals surface area contributed by atoms with Crippen LogP contribution in [-0.4, -0.2) is 34.5 Å². The zero-order valence-corrected chi connectivity index (χ0v) is 7.40. The van der Waals surface area contributed by atoms with Crippen LogP contribution in [0.5, 0.6) is 0 Å². The largest absolute Gasteiger partial charge is 0.480 e. The Hall–Kier alpha value is -1.06. The van der Waals surface area contributed by atoms with Crippen LogP contribution in [0.4, 0.5) is 0 Å². The van der Waals surface area contributed by atoms with Crippen molar-refractivity contribution in [2.45, 2.75) is 31.7 Å². The van der Waals surface area contributed by atoms with Crippen molar-refractivity contribution >= 4 is 11.9 Å². The Bertz CT molecular complexity index is 251. The van der Waals surface area contributed by atoms with Crippen molar-refractivity contribution in [1.29, 1.82) is 0 Å². The van der Waals surface area contributed by atoms with Crippen LogP contribution in [-0.2, 0) is 9.59 Å². The summed E-state index contributed by atoms with van der Waals surface area (Å²) >= 11 is 0. The highest BCUT2D eigenvalue weighted by Crippen LogP contribution is 2.38. The van der Waals surface area contributed by atoms with Gasteiger partial charge in [-0.3, -0.25) is 9.59 Å². The van der Waals surface area contributed by atoms with E-state index in [2.05, 4.69) is 0 Å². The quantitative estimate of drug-likeness (QED) is 0.677. The first-order valence-electron chi connectivity index (χ1n) is 4.70. The maximum atomic E-state index is 11.4. The standard InChI is InChI=1S/C9H13NO3/c11-8-4-6-2-1-3-7(6)10(8)5-9(12)13/h6-7H,1-5H2,(H,12,13)/t6-,7-/m1/s1. The minimum Gasteiger partial charge on any atom is -0.480 e. The molecule has 0 aromatic carbocycles. The van der Waals surface area contributed by atoms with Gasteiger partial charge >= 0.3 is 5.97 Å². The topological polar surface area (TPSA) is 57.6 Å². The van der Waals surface area contributed by atoms with E-state index in [0.29, 0.717) is 12.3 Å². The van der Waals surface area contributed by atoms with Gasteiger partial charge in [-0.1, -0.05) is 6.42 Å². The van der Waals surface area contributed by atoms with Gasteiger partial charge in [0.2, 0.25) is 5.91 Å². The van der Waals surface area contributed by atoms with Gasteiger partial charge in [0.25, 0.3) is 0 Å². The molecule has 1 N–H and O–H groups in total. The summed E-state index contributed by atoms with van der Waals surface area (Å²) < 4.78 is 0. The van der Waals surface area contributed by atoms with Crippen LogP contribution in [0.1, 0.15) is 25.7 Å². The van der Waals surface area contributed by atoms with E-state index in [4.69, 9.17) is 5.11 Å². The molecule has 0 unspecified atom stereocenters. The third-order valence-electron chi connectivity index (χ3n) is 3.08. The third-order valence-corrected chi connectivity index (χ3v) is 3.08. The minimum atomic E-state index is -0.902. The highest BCUT2D eigenvalue weighted by molar-refractivity contribution is 5.83. The number of fused-ring (bicyclic) bond motifs is 1. The van der Waals surface area contributed by atoms with E-state index in [0.717, 1.165) is 19.3 Å². The van der Waals surface area contributed by atoms with Crippen LogP contribution in [0.3, 0.4) is 0 Å². The fraction of sp³-hybridized carbons (Fsp3) is 0.778. The van der Waals surface area contributed by atoms with Crippen LogP contribution >= 0.6 is 0 Å². The molecule has 13 heavy (non-hydrogen) atoms. The molecule has 2 fully saturated rings.